The van der Waals surface area contributed by atoms with Gasteiger partial charge in [-0.15, -0.1) is 0 Å². The molecule has 0 radical (unpaired) electrons. The molecule has 2 heterocycles. The van der Waals surface area contributed by atoms with Crippen molar-refractivity contribution in [2.45, 2.75) is 44.6 Å². The smallest absolute Gasteiger partial charge is 0.253 e. The summed E-state index contributed by atoms with van der Waals surface area (Å²) in [5.41, 5.74) is -0.987. The van der Waals surface area contributed by atoms with Crippen LogP contribution in [0.3, 0.4) is 0 Å². The first-order valence-corrected chi connectivity index (χ1v) is 9.10. The fraction of sp³-hybridized carbons (Fsp3) is 0.429. The molecule has 0 saturated carbocycles. The molecule has 6 heteroatoms. The van der Waals surface area contributed by atoms with Crippen LogP contribution in [0.25, 0.3) is 0 Å². The molecule has 2 aromatic rings. The minimum atomic E-state index is -2.23. The molecule has 27 heavy (non-hydrogen) atoms. The summed E-state index contributed by atoms with van der Waals surface area (Å²) in [5.74, 6) is -1.35. The van der Waals surface area contributed by atoms with Crippen LogP contribution in [0.2, 0.25) is 5.02 Å². The number of pyridine rings is 1. The van der Waals surface area contributed by atoms with Gasteiger partial charge in [0, 0.05) is 37.3 Å². The largest absolute Gasteiger partial charge is 0.338 e. The summed E-state index contributed by atoms with van der Waals surface area (Å²) in [6, 6.07) is 6.47. The molecule has 1 amide bonds. The molecule has 0 spiro atoms. The number of rotatable bonds is 5. The molecule has 144 valence electrons. The third kappa shape index (κ3) is 5.04. The highest BCUT2D eigenvalue weighted by Gasteiger charge is 2.35. The number of halogens is 3. The molecule has 1 aliphatic heterocycles. The number of alkyl halides is 1. The molecule has 1 aromatic heterocycles. The first kappa shape index (κ1) is 14.1. The Morgan fingerprint density at radius 1 is 1.41 bits per heavy atom. The molecule has 1 atom stereocenters. The number of nitrogens with zero attached hydrogens (tertiary/aromatic N) is 2. The van der Waals surface area contributed by atoms with E-state index in [4.69, 9.17) is 18.5 Å². The maximum Gasteiger partial charge on any atom is 0.253 e. The molecule has 0 aliphatic carbocycles. The zero-order valence-corrected chi connectivity index (χ0v) is 15.4. The van der Waals surface area contributed by atoms with Gasteiger partial charge in [-0.05, 0) is 68.8 Å². The maximum absolute atomic E-state index is 15.4. The summed E-state index contributed by atoms with van der Waals surface area (Å²) < 4.78 is 67.3. The molecule has 0 bridgehead atoms. The van der Waals surface area contributed by atoms with Crippen molar-refractivity contribution in [2.75, 3.05) is 13.0 Å². The van der Waals surface area contributed by atoms with Crippen LogP contribution in [0.15, 0.2) is 36.5 Å². The highest BCUT2D eigenvalue weighted by molar-refractivity contribution is 6.31. The lowest BCUT2D eigenvalue weighted by Crippen LogP contribution is -2.44. The van der Waals surface area contributed by atoms with Crippen molar-refractivity contribution in [3.63, 3.8) is 0 Å². The van der Waals surface area contributed by atoms with E-state index >= 15 is 4.39 Å². The van der Waals surface area contributed by atoms with E-state index in [1.165, 1.54) is 18.3 Å². The number of hydrogen-bond acceptors (Lipinski definition) is 2. The zero-order valence-electron chi connectivity index (χ0n) is 19.6. The van der Waals surface area contributed by atoms with E-state index in [9.17, 15) is 9.18 Å². The lowest BCUT2D eigenvalue weighted by molar-refractivity contribution is 0.0389. The first-order chi connectivity index (χ1) is 14.8. The van der Waals surface area contributed by atoms with Crippen molar-refractivity contribution in [2.24, 2.45) is 0 Å². The minimum Gasteiger partial charge on any atom is -0.338 e. The number of piperidine rings is 1. The number of likely N-dealkylation sites (tertiary alicyclic amines) is 1. The summed E-state index contributed by atoms with van der Waals surface area (Å²) in [6.45, 7) is -4.57. The van der Waals surface area contributed by atoms with Gasteiger partial charge in [0.15, 0.2) is 0 Å². The number of aryl methyl sites for hydroxylation is 2. The molecule has 1 saturated heterocycles. The third-order valence-corrected chi connectivity index (χ3v) is 4.95. The van der Waals surface area contributed by atoms with Crippen LogP contribution >= 0.6 is 11.6 Å². The second-order valence-electron chi connectivity index (χ2n) is 6.71. The Labute approximate surface area is 170 Å². The Morgan fingerprint density at radius 2 is 2.26 bits per heavy atom. The second-order valence-corrected chi connectivity index (χ2v) is 7.12. The van der Waals surface area contributed by atoms with Crippen LogP contribution in [0.1, 0.15) is 54.2 Å². The Balaban J connectivity index is 1.60. The molecule has 3 rings (SSSR count). The molecule has 1 fully saturated rings. The van der Waals surface area contributed by atoms with Crippen LogP contribution in [0.5, 0.6) is 0 Å². The van der Waals surface area contributed by atoms with E-state index in [0.717, 1.165) is 17.0 Å². The SMILES string of the molecule is [2H]C([2H])([2H])c1ccc(CCCC2(F)CCN(C(=O)c3ccc(F)c(Cl)c3)C([2H])([2H])C2)nc1. The number of carbonyl (C=O) groups is 1. The Bertz CT molecular complexity index is 987. The fourth-order valence-corrected chi connectivity index (χ4v) is 3.23. The predicted octanol–water partition coefficient (Wildman–Crippen LogP) is 5.15. The molecule has 3 nitrogen and oxygen atoms in total. The van der Waals surface area contributed by atoms with Crippen molar-refractivity contribution in [3.05, 3.63) is 64.2 Å². The average molecular weight is 398 g/mol. The van der Waals surface area contributed by atoms with E-state index in [0.29, 0.717) is 18.5 Å². The number of carbonyl (C=O) groups excluding carboxylic acids is 1. The highest BCUT2D eigenvalue weighted by atomic mass is 35.5. The van der Waals surface area contributed by atoms with Gasteiger partial charge in [0.1, 0.15) is 11.5 Å². The van der Waals surface area contributed by atoms with Gasteiger partial charge in [0.2, 0.25) is 0 Å². The molecule has 1 aromatic carbocycles. The van der Waals surface area contributed by atoms with E-state index in [1.807, 2.05) is 0 Å². The second kappa shape index (κ2) is 8.34. The molecule has 0 N–H and O–H groups in total. The average Bonchev–Trinajstić information content (AvgIpc) is 2.68. The van der Waals surface area contributed by atoms with Gasteiger partial charge in [0.25, 0.3) is 5.91 Å². The normalized spacial score (nSPS) is 25.0. The monoisotopic (exact) mass is 397 g/mol. The summed E-state index contributed by atoms with van der Waals surface area (Å²) in [7, 11) is 0. The summed E-state index contributed by atoms with van der Waals surface area (Å²) in [6.07, 6.45) is 1.68. The van der Waals surface area contributed by atoms with Crippen molar-refractivity contribution in [3.8, 4) is 0 Å². The highest BCUT2D eigenvalue weighted by Crippen LogP contribution is 2.32. The lowest BCUT2D eigenvalue weighted by atomic mass is 9.87. The van der Waals surface area contributed by atoms with Gasteiger partial charge in [0.05, 0.1) is 5.02 Å². The fourth-order valence-electron chi connectivity index (χ4n) is 3.05. The van der Waals surface area contributed by atoms with Crippen LogP contribution < -0.4 is 0 Å². The van der Waals surface area contributed by atoms with E-state index in [-0.39, 0.29) is 35.5 Å². The van der Waals surface area contributed by atoms with Crippen molar-refractivity contribution < 1.29 is 20.4 Å². The number of amides is 1. The molecular weight excluding hydrogens is 370 g/mol. The van der Waals surface area contributed by atoms with E-state index < -0.39 is 37.2 Å². The van der Waals surface area contributed by atoms with Crippen molar-refractivity contribution in [1.82, 2.24) is 9.88 Å². The number of hydrogen-bond donors (Lipinski definition) is 0. The lowest BCUT2D eigenvalue weighted by Gasteiger charge is -2.36. The molecular formula is C21H23ClF2N2O. The summed E-state index contributed by atoms with van der Waals surface area (Å²) in [4.78, 5) is 17.8. The zero-order chi connectivity index (χ0) is 23.7. The van der Waals surface area contributed by atoms with Gasteiger partial charge >= 0.3 is 0 Å². The van der Waals surface area contributed by atoms with Gasteiger partial charge in [-0.25, -0.2) is 8.78 Å². The van der Waals surface area contributed by atoms with Crippen LogP contribution in [-0.4, -0.2) is 34.5 Å². The van der Waals surface area contributed by atoms with Crippen LogP contribution in [0, 0.1) is 12.7 Å². The quantitative estimate of drug-likeness (QED) is 0.699. The first-order valence-electron chi connectivity index (χ1n) is 11.2. The third-order valence-electron chi connectivity index (χ3n) is 4.66. The van der Waals surface area contributed by atoms with Gasteiger partial charge in [-0.1, -0.05) is 17.7 Å². The number of benzene rings is 1. The standard InChI is InChI=1S/C21H23ClF2N2O/c1-15-4-6-17(25-14-15)3-2-8-21(24)9-11-26(12-10-21)20(27)16-5-7-19(23)18(22)13-16/h4-7,13-14H,2-3,8-12H2,1H3/i1D3,11D2. The maximum atomic E-state index is 15.4. The molecule has 1 aliphatic rings. The van der Waals surface area contributed by atoms with Gasteiger partial charge in [-0.2, -0.15) is 0 Å². The Kier molecular flexibility index (Phi) is 4.34. The van der Waals surface area contributed by atoms with Crippen molar-refractivity contribution in [1.29, 1.82) is 0 Å². The van der Waals surface area contributed by atoms with Gasteiger partial charge < -0.3 is 4.90 Å². The predicted molar refractivity (Wildman–Crippen MR) is 102 cm³/mol. The van der Waals surface area contributed by atoms with E-state index in [1.54, 1.807) is 6.07 Å². The summed E-state index contributed by atoms with van der Waals surface area (Å²) in [5, 5.41) is -0.242. The number of aromatic nitrogens is 1. The summed E-state index contributed by atoms with van der Waals surface area (Å²) >= 11 is 5.72. The topological polar surface area (TPSA) is 33.2 Å². The van der Waals surface area contributed by atoms with E-state index in [2.05, 4.69) is 4.98 Å². The van der Waals surface area contributed by atoms with Crippen molar-refractivity contribution >= 4 is 17.5 Å². The van der Waals surface area contributed by atoms with Crippen LogP contribution in [0.4, 0.5) is 8.78 Å². The van der Waals surface area contributed by atoms with Crippen LogP contribution in [-0.2, 0) is 6.42 Å². The minimum absolute atomic E-state index is 0.0292. The Morgan fingerprint density at radius 3 is 2.93 bits per heavy atom. The van der Waals surface area contributed by atoms with Gasteiger partial charge in [-0.3, -0.25) is 9.78 Å². The molecule has 1 unspecified atom stereocenters. The Hall–Kier alpha value is -2.01.